The number of methoxy groups -OCH3 is 1. The minimum absolute atomic E-state index is 0.0212. The average molecular weight is 391 g/mol. The number of aromatic nitrogens is 1. The van der Waals surface area contributed by atoms with E-state index in [4.69, 9.17) is 21.1 Å². The molecule has 1 aromatic heterocycles. The Labute approximate surface area is 150 Å². The molecule has 0 radical (unpaired) electrons. The molecule has 2 N–H and O–H groups in total. The summed E-state index contributed by atoms with van der Waals surface area (Å²) in [6.45, 7) is 2.04. The van der Waals surface area contributed by atoms with E-state index in [1.54, 1.807) is 6.92 Å². The summed E-state index contributed by atoms with van der Waals surface area (Å²) in [7, 11) is 1.34. The van der Waals surface area contributed by atoms with E-state index in [-0.39, 0.29) is 22.1 Å². The van der Waals surface area contributed by atoms with Gasteiger partial charge in [-0.3, -0.25) is 9.59 Å². The molecule has 0 bridgehead atoms. The lowest BCUT2D eigenvalue weighted by atomic mass is 10.1. The third-order valence-electron chi connectivity index (χ3n) is 3.26. The Morgan fingerprint density at radius 3 is 2.58 bits per heavy atom. The molecule has 2 aromatic rings. The Balaban J connectivity index is 2.36. The molecule has 0 atom stereocenters. The zero-order valence-electron chi connectivity index (χ0n) is 13.7. The van der Waals surface area contributed by atoms with Gasteiger partial charge < -0.3 is 19.8 Å². The van der Waals surface area contributed by atoms with Crippen LogP contribution in [0, 0.1) is 0 Å². The van der Waals surface area contributed by atoms with Crippen LogP contribution in [-0.2, 0) is 6.18 Å². The summed E-state index contributed by atoms with van der Waals surface area (Å²) in [5, 5.41) is 2.21. The summed E-state index contributed by atoms with van der Waals surface area (Å²) in [5.74, 6) is -0.439. The molecule has 10 heteroatoms. The van der Waals surface area contributed by atoms with Crippen molar-refractivity contribution in [2.45, 2.75) is 13.1 Å². The molecule has 0 saturated carbocycles. The number of benzene rings is 1. The second-order valence-corrected chi connectivity index (χ2v) is 5.41. The van der Waals surface area contributed by atoms with E-state index in [1.165, 1.54) is 19.2 Å². The fraction of sp³-hybridized carbons (Fsp3) is 0.250. The molecule has 1 amide bonds. The van der Waals surface area contributed by atoms with Gasteiger partial charge in [-0.05, 0) is 25.1 Å². The normalized spacial score (nSPS) is 11.2. The van der Waals surface area contributed by atoms with Crippen LogP contribution < -0.4 is 20.3 Å². The molecule has 140 valence electrons. The van der Waals surface area contributed by atoms with E-state index in [2.05, 4.69) is 5.32 Å². The second kappa shape index (κ2) is 7.69. The standard InChI is InChI=1S/C16H14ClF3N2O4/c1-3-26-13-10(17)4-8(5-12(13)25-2)14(23)22-11-6-9(16(18,19)20)7-21-15(11)24/h4-7H,3H2,1-2H3,(H,21,24)(H,22,23). The maximum Gasteiger partial charge on any atom is 0.417 e. The van der Waals surface area contributed by atoms with E-state index in [0.29, 0.717) is 18.9 Å². The number of ether oxygens (including phenoxy) is 2. The Morgan fingerprint density at radius 1 is 1.31 bits per heavy atom. The molecule has 0 aliphatic rings. The third kappa shape index (κ3) is 4.29. The van der Waals surface area contributed by atoms with Crippen molar-refractivity contribution in [2.24, 2.45) is 0 Å². The Bertz CT molecular complexity index is 881. The predicted octanol–water partition coefficient (Wildman–Crippen LogP) is 3.71. The topological polar surface area (TPSA) is 80.4 Å². The highest BCUT2D eigenvalue weighted by atomic mass is 35.5. The van der Waals surface area contributed by atoms with Gasteiger partial charge in [0.05, 0.1) is 24.3 Å². The molecule has 0 spiro atoms. The minimum Gasteiger partial charge on any atom is -0.493 e. The first kappa shape index (κ1) is 19.6. The number of nitrogens with one attached hydrogen (secondary N) is 2. The molecule has 1 aromatic carbocycles. The molecular formula is C16H14ClF3N2O4. The van der Waals surface area contributed by atoms with Crippen LogP contribution in [0.3, 0.4) is 0 Å². The van der Waals surface area contributed by atoms with Crippen molar-refractivity contribution in [1.29, 1.82) is 0 Å². The maximum atomic E-state index is 12.7. The van der Waals surface area contributed by atoms with Crippen molar-refractivity contribution in [3.63, 3.8) is 0 Å². The molecule has 0 unspecified atom stereocenters. The lowest BCUT2D eigenvalue weighted by Crippen LogP contribution is -2.21. The van der Waals surface area contributed by atoms with Crippen LogP contribution >= 0.6 is 11.6 Å². The highest BCUT2D eigenvalue weighted by Crippen LogP contribution is 2.36. The number of H-pyrrole nitrogens is 1. The first-order valence-corrected chi connectivity index (χ1v) is 7.66. The fourth-order valence-corrected chi connectivity index (χ4v) is 2.34. The maximum absolute atomic E-state index is 12.7. The van der Waals surface area contributed by atoms with Crippen molar-refractivity contribution in [2.75, 3.05) is 19.0 Å². The highest BCUT2D eigenvalue weighted by molar-refractivity contribution is 6.32. The van der Waals surface area contributed by atoms with Crippen molar-refractivity contribution in [3.05, 3.63) is 50.9 Å². The van der Waals surface area contributed by atoms with Gasteiger partial charge in [-0.1, -0.05) is 11.6 Å². The molecule has 0 fully saturated rings. The summed E-state index contributed by atoms with van der Waals surface area (Å²) >= 11 is 6.05. The Morgan fingerprint density at radius 2 is 2.00 bits per heavy atom. The van der Waals surface area contributed by atoms with Crippen LogP contribution in [0.5, 0.6) is 11.5 Å². The molecule has 1 heterocycles. The number of hydrogen-bond donors (Lipinski definition) is 2. The van der Waals surface area contributed by atoms with Gasteiger partial charge in [-0.15, -0.1) is 0 Å². The fourth-order valence-electron chi connectivity index (χ4n) is 2.07. The van der Waals surface area contributed by atoms with Crippen molar-refractivity contribution >= 4 is 23.2 Å². The minimum atomic E-state index is -4.67. The molecule has 26 heavy (non-hydrogen) atoms. The Kier molecular flexibility index (Phi) is 5.81. The predicted molar refractivity (Wildman–Crippen MR) is 89.2 cm³/mol. The van der Waals surface area contributed by atoms with Gasteiger partial charge in [0, 0.05) is 11.8 Å². The van der Waals surface area contributed by atoms with Gasteiger partial charge in [0.1, 0.15) is 5.69 Å². The van der Waals surface area contributed by atoms with E-state index in [9.17, 15) is 22.8 Å². The van der Waals surface area contributed by atoms with Crippen molar-refractivity contribution < 1.29 is 27.4 Å². The number of halogens is 4. The third-order valence-corrected chi connectivity index (χ3v) is 3.54. The summed E-state index contributed by atoms with van der Waals surface area (Å²) in [4.78, 5) is 25.9. The van der Waals surface area contributed by atoms with Gasteiger partial charge in [0.15, 0.2) is 11.5 Å². The first-order chi connectivity index (χ1) is 12.2. The molecule has 0 aliphatic carbocycles. The number of amides is 1. The largest absolute Gasteiger partial charge is 0.493 e. The molecule has 0 aliphatic heterocycles. The van der Waals surface area contributed by atoms with Gasteiger partial charge >= 0.3 is 6.18 Å². The van der Waals surface area contributed by atoms with E-state index < -0.39 is 28.9 Å². The monoisotopic (exact) mass is 390 g/mol. The van der Waals surface area contributed by atoms with E-state index in [1.807, 2.05) is 4.98 Å². The summed E-state index contributed by atoms with van der Waals surface area (Å²) in [6, 6.07) is 3.10. The number of hydrogen-bond acceptors (Lipinski definition) is 4. The summed E-state index contributed by atoms with van der Waals surface area (Å²) < 4.78 is 48.7. The van der Waals surface area contributed by atoms with Crippen LogP contribution in [0.4, 0.5) is 18.9 Å². The number of aromatic amines is 1. The molecule has 6 nitrogen and oxygen atoms in total. The zero-order chi connectivity index (χ0) is 19.5. The van der Waals surface area contributed by atoms with Gasteiger partial charge in [0.2, 0.25) is 0 Å². The van der Waals surface area contributed by atoms with Crippen LogP contribution in [0.2, 0.25) is 5.02 Å². The van der Waals surface area contributed by atoms with Crippen LogP contribution in [-0.4, -0.2) is 24.6 Å². The highest BCUT2D eigenvalue weighted by Gasteiger charge is 2.31. The van der Waals surface area contributed by atoms with Gasteiger partial charge in [-0.2, -0.15) is 13.2 Å². The molecule has 2 rings (SSSR count). The molecule has 0 saturated heterocycles. The van der Waals surface area contributed by atoms with Crippen molar-refractivity contribution in [3.8, 4) is 11.5 Å². The quantitative estimate of drug-likeness (QED) is 0.815. The van der Waals surface area contributed by atoms with Crippen LogP contribution in [0.25, 0.3) is 0 Å². The second-order valence-electron chi connectivity index (χ2n) is 5.01. The molecular weight excluding hydrogens is 377 g/mol. The Hall–Kier alpha value is -2.68. The van der Waals surface area contributed by atoms with Crippen LogP contribution in [0.15, 0.2) is 29.2 Å². The lowest BCUT2D eigenvalue weighted by molar-refractivity contribution is -0.137. The van der Waals surface area contributed by atoms with Crippen molar-refractivity contribution in [1.82, 2.24) is 4.98 Å². The number of carbonyl (C=O) groups is 1. The number of alkyl halides is 3. The number of pyridine rings is 1. The number of rotatable bonds is 5. The van der Waals surface area contributed by atoms with Gasteiger partial charge in [0.25, 0.3) is 11.5 Å². The smallest absolute Gasteiger partial charge is 0.417 e. The SMILES string of the molecule is CCOc1c(Cl)cc(C(=O)Nc2cc(C(F)(F)F)c[nH]c2=O)cc1OC. The summed E-state index contributed by atoms with van der Waals surface area (Å²) in [5.41, 5.74) is -2.55. The van der Waals surface area contributed by atoms with E-state index in [0.717, 1.165) is 0 Å². The average Bonchev–Trinajstić information content (AvgIpc) is 2.57. The number of anilines is 1. The number of carbonyl (C=O) groups excluding carboxylic acids is 1. The summed E-state index contributed by atoms with van der Waals surface area (Å²) in [6.07, 6.45) is -4.15. The lowest BCUT2D eigenvalue weighted by Gasteiger charge is -2.13. The first-order valence-electron chi connectivity index (χ1n) is 7.29. The van der Waals surface area contributed by atoms with Gasteiger partial charge in [-0.25, -0.2) is 0 Å². The van der Waals surface area contributed by atoms with E-state index >= 15 is 0 Å². The van der Waals surface area contributed by atoms with Crippen LogP contribution in [0.1, 0.15) is 22.8 Å². The zero-order valence-corrected chi connectivity index (χ0v) is 14.4.